The van der Waals surface area contributed by atoms with E-state index in [4.69, 9.17) is 37.0 Å². The van der Waals surface area contributed by atoms with E-state index >= 15 is 0 Å². The molecule has 600 valence electrons. The summed E-state index contributed by atoms with van der Waals surface area (Å²) >= 11 is 0. The number of carbonyl (C=O) groups excluding carboxylic acids is 4. The number of hydrogen-bond acceptors (Lipinski definition) is 15. The van der Waals surface area contributed by atoms with Crippen LogP contribution in [0.2, 0.25) is 0 Å². The van der Waals surface area contributed by atoms with E-state index in [9.17, 15) is 43.2 Å². The van der Waals surface area contributed by atoms with Crippen LogP contribution < -0.4 is 0 Å². The molecule has 3 N–H and O–H groups in total. The zero-order chi connectivity index (χ0) is 74.1. The van der Waals surface area contributed by atoms with E-state index in [0.717, 1.165) is 96.3 Å². The average molecular weight is 1480 g/mol. The summed E-state index contributed by atoms with van der Waals surface area (Å²) in [5, 5.41) is 10.6. The van der Waals surface area contributed by atoms with E-state index in [1.165, 1.54) is 257 Å². The monoisotopic (exact) mass is 1480 g/mol. The number of ether oxygens (including phenoxy) is 4. The molecule has 19 heteroatoms. The first-order chi connectivity index (χ1) is 49.0. The molecule has 0 aliphatic carbocycles. The van der Waals surface area contributed by atoms with Crippen LogP contribution in [0.25, 0.3) is 0 Å². The Kier molecular flexibility index (Phi) is 73.5. The first kappa shape index (κ1) is 99.1. The second-order valence-corrected chi connectivity index (χ2v) is 32.9. The summed E-state index contributed by atoms with van der Waals surface area (Å²) in [7, 11) is -9.92. The topological polar surface area (TPSA) is 237 Å². The van der Waals surface area contributed by atoms with Gasteiger partial charge in [-0.05, 0) is 31.6 Å². The number of phosphoric acid groups is 2. The summed E-state index contributed by atoms with van der Waals surface area (Å²) in [5.74, 6) is -1.43. The molecule has 0 bridgehead atoms. The van der Waals surface area contributed by atoms with Gasteiger partial charge in [-0.15, -0.1) is 0 Å². The number of unbranched alkanes of at least 4 members (excludes halogenated alkanes) is 54. The van der Waals surface area contributed by atoms with E-state index in [-0.39, 0.29) is 25.7 Å². The number of phosphoric ester groups is 2. The minimum Gasteiger partial charge on any atom is -0.462 e. The van der Waals surface area contributed by atoms with E-state index in [2.05, 4.69) is 34.6 Å². The van der Waals surface area contributed by atoms with Crippen LogP contribution in [-0.2, 0) is 65.4 Å². The van der Waals surface area contributed by atoms with Gasteiger partial charge in [0.2, 0.25) is 0 Å². The maximum absolute atomic E-state index is 13.1. The molecular weight excluding hydrogens is 1320 g/mol. The van der Waals surface area contributed by atoms with Crippen LogP contribution in [0.5, 0.6) is 0 Å². The number of hydrogen-bond donors (Lipinski definition) is 3. The van der Waals surface area contributed by atoms with Crippen molar-refractivity contribution in [1.29, 1.82) is 0 Å². The maximum atomic E-state index is 13.1. The van der Waals surface area contributed by atoms with Crippen molar-refractivity contribution in [3.63, 3.8) is 0 Å². The molecule has 0 heterocycles. The van der Waals surface area contributed by atoms with Gasteiger partial charge in [-0.25, -0.2) is 9.13 Å². The van der Waals surface area contributed by atoms with Gasteiger partial charge in [-0.2, -0.15) is 0 Å². The summed E-state index contributed by atoms with van der Waals surface area (Å²) in [5.41, 5.74) is 0. The zero-order valence-corrected chi connectivity index (χ0v) is 67.8. The summed E-state index contributed by atoms with van der Waals surface area (Å²) in [6.07, 6.45) is 66.8. The fourth-order valence-electron chi connectivity index (χ4n) is 12.8. The third-order valence-electron chi connectivity index (χ3n) is 19.3. The highest BCUT2D eigenvalue weighted by molar-refractivity contribution is 7.47. The third kappa shape index (κ3) is 76.1. The molecule has 0 aliphatic rings. The molecule has 0 aliphatic heterocycles. The molecule has 2 unspecified atom stereocenters. The van der Waals surface area contributed by atoms with E-state index < -0.39 is 97.5 Å². The van der Waals surface area contributed by atoms with Crippen molar-refractivity contribution in [3.8, 4) is 0 Å². The van der Waals surface area contributed by atoms with E-state index in [1.807, 2.05) is 0 Å². The fourth-order valence-corrected chi connectivity index (χ4v) is 14.3. The Morgan fingerprint density at radius 1 is 0.267 bits per heavy atom. The predicted octanol–water partition coefficient (Wildman–Crippen LogP) is 24.8. The van der Waals surface area contributed by atoms with Gasteiger partial charge < -0.3 is 33.8 Å². The molecule has 0 radical (unpaired) electrons. The van der Waals surface area contributed by atoms with Gasteiger partial charge in [0.25, 0.3) is 0 Å². The lowest BCUT2D eigenvalue weighted by Crippen LogP contribution is -2.30. The van der Waals surface area contributed by atoms with E-state index in [1.54, 1.807) is 0 Å². The quantitative estimate of drug-likeness (QED) is 0.0222. The third-order valence-corrected chi connectivity index (χ3v) is 21.2. The summed E-state index contributed by atoms with van der Waals surface area (Å²) in [4.78, 5) is 73.0. The SMILES string of the molecule is CCCCCCCCCCCCCCCCCCCCCC(=O)O[C@H](COC(=O)CCCCCCCCCCCCCCCCCCCC)COP(=O)(O)OC[C@@H](O)COP(=O)(O)OC[C@@H](COC(=O)CCCCCCCCC(C)C)OC(=O)CCCCCCCCCCCCCCCCC. The lowest BCUT2D eigenvalue weighted by molar-refractivity contribution is -0.161. The van der Waals surface area contributed by atoms with Crippen LogP contribution in [0.3, 0.4) is 0 Å². The lowest BCUT2D eigenvalue weighted by Gasteiger charge is -2.21. The van der Waals surface area contributed by atoms with Crippen molar-refractivity contribution in [1.82, 2.24) is 0 Å². The highest BCUT2D eigenvalue weighted by atomic mass is 31.2. The van der Waals surface area contributed by atoms with Gasteiger partial charge in [-0.1, -0.05) is 388 Å². The first-order valence-corrected chi connectivity index (χ1v) is 45.6. The van der Waals surface area contributed by atoms with Crippen molar-refractivity contribution in [2.75, 3.05) is 39.6 Å². The Morgan fingerprint density at radius 3 is 0.673 bits per heavy atom. The molecule has 0 saturated carbocycles. The Balaban J connectivity index is 5.22. The van der Waals surface area contributed by atoms with Gasteiger partial charge in [0.15, 0.2) is 12.2 Å². The first-order valence-electron chi connectivity index (χ1n) is 42.6. The molecule has 0 aromatic rings. The van der Waals surface area contributed by atoms with Gasteiger partial charge in [0.05, 0.1) is 26.4 Å². The van der Waals surface area contributed by atoms with Crippen LogP contribution in [0.4, 0.5) is 0 Å². The van der Waals surface area contributed by atoms with Crippen molar-refractivity contribution in [2.45, 2.75) is 457 Å². The highest BCUT2D eigenvalue weighted by Crippen LogP contribution is 2.45. The smallest absolute Gasteiger partial charge is 0.462 e. The van der Waals surface area contributed by atoms with Gasteiger partial charge >= 0.3 is 39.5 Å². The average Bonchev–Trinajstić information content (AvgIpc) is 0.975. The molecule has 5 atom stereocenters. The Hall–Kier alpha value is -1.94. The second-order valence-electron chi connectivity index (χ2n) is 30.0. The zero-order valence-electron chi connectivity index (χ0n) is 66.1. The standard InChI is InChI=1S/C82H160O17P2/c1-6-9-12-15-18-21-24-27-30-32-34-36-39-42-45-48-51-58-63-67-81(86)98-77(71-92-79(84)65-60-55-49-46-43-40-38-35-33-31-28-25-22-19-16-13-10-7-2)73-96-100(88,89)94-69-76(83)70-95-101(90,91)97-74-78(72-93-80(85)66-61-56-53-52-54-59-64-75(4)5)99-82(87)68-62-57-50-47-44-41-37-29-26-23-20-17-14-11-8-3/h75-78,83H,6-74H2,1-5H3,(H,88,89)(H,90,91)/t76-,77-,78-/m1/s1. The molecule has 0 aromatic carbocycles. The fraction of sp³-hybridized carbons (Fsp3) is 0.951. The molecular formula is C82H160O17P2. The van der Waals surface area contributed by atoms with Crippen LogP contribution in [-0.4, -0.2) is 96.7 Å². The lowest BCUT2D eigenvalue weighted by atomic mass is 10.0. The molecule has 101 heavy (non-hydrogen) atoms. The highest BCUT2D eigenvalue weighted by Gasteiger charge is 2.30. The molecule has 0 aromatic heterocycles. The number of rotatable bonds is 82. The maximum Gasteiger partial charge on any atom is 0.472 e. The van der Waals surface area contributed by atoms with Crippen molar-refractivity contribution in [2.24, 2.45) is 5.92 Å². The van der Waals surface area contributed by atoms with Crippen LogP contribution >= 0.6 is 15.6 Å². The number of aliphatic hydroxyl groups is 1. The molecule has 0 saturated heterocycles. The second kappa shape index (κ2) is 74.9. The summed E-state index contributed by atoms with van der Waals surface area (Å²) < 4.78 is 68.7. The molecule has 17 nitrogen and oxygen atoms in total. The Labute approximate surface area is 619 Å². The van der Waals surface area contributed by atoms with Crippen molar-refractivity contribution in [3.05, 3.63) is 0 Å². The van der Waals surface area contributed by atoms with Crippen molar-refractivity contribution < 1.29 is 80.2 Å². The molecule has 0 rings (SSSR count). The van der Waals surface area contributed by atoms with Crippen LogP contribution in [0, 0.1) is 5.92 Å². The normalized spacial score (nSPS) is 13.8. The molecule has 0 fully saturated rings. The predicted molar refractivity (Wildman–Crippen MR) is 414 cm³/mol. The largest absolute Gasteiger partial charge is 0.472 e. The van der Waals surface area contributed by atoms with Gasteiger partial charge in [0.1, 0.15) is 19.3 Å². The minimum absolute atomic E-state index is 0.108. The number of carbonyl (C=O) groups is 4. The molecule has 0 amide bonds. The number of esters is 4. The van der Waals surface area contributed by atoms with Crippen molar-refractivity contribution >= 4 is 39.5 Å². The van der Waals surface area contributed by atoms with Crippen LogP contribution in [0.1, 0.15) is 439 Å². The minimum atomic E-state index is -4.96. The van der Waals surface area contributed by atoms with Gasteiger partial charge in [0, 0.05) is 25.7 Å². The van der Waals surface area contributed by atoms with E-state index in [0.29, 0.717) is 31.6 Å². The Morgan fingerprint density at radius 2 is 0.455 bits per heavy atom. The van der Waals surface area contributed by atoms with Gasteiger partial charge in [-0.3, -0.25) is 37.3 Å². The summed E-state index contributed by atoms with van der Waals surface area (Å²) in [6, 6.07) is 0. The summed E-state index contributed by atoms with van der Waals surface area (Å²) in [6.45, 7) is 7.26. The molecule has 0 spiro atoms. The number of aliphatic hydroxyl groups excluding tert-OH is 1. The Bertz CT molecular complexity index is 1930. The van der Waals surface area contributed by atoms with Crippen LogP contribution in [0.15, 0.2) is 0 Å².